The van der Waals surface area contributed by atoms with Crippen LogP contribution in [0, 0.1) is 5.92 Å². The third-order valence-corrected chi connectivity index (χ3v) is 6.90. The average Bonchev–Trinajstić information content (AvgIpc) is 2.29. The maximum atomic E-state index is 2.34. The van der Waals surface area contributed by atoms with Crippen molar-refractivity contribution in [3.63, 3.8) is 0 Å². The Morgan fingerprint density at radius 3 is 2.44 bits per heavy atom. The summed E-state index contributed by atoms with van der Waals surface area (Å²) in [4.78, 5) is 1.55. The normalized spacial score (nSPS) is 18.3. The molecule has 1 aliphatic heterocycles. The highest BCUT2D eigenvalue weighted by Crippen LogP contribution is 2.46. The van der Waals surface area contributed by atoms with E-state index in [-0.39, 0.29) is 0 Å². The van der Waals surface area contributed by atoms with Crippen molar-refractivity contribution in [3.8, 4) is 0 Å². The molecule has 0 aliphatic carbocycles. The monoisotopic (exact) mass is 274 g/mol. The Labute approximate surface area is 113 Å². The van der Waals surface area contributed by atoms with Crippen LogP contribution in [0.15, 0.2) is 20.0 Å². The first-order valence-electron chi connectivity index (χ1n) is 6.07. The highest BCUT2D eigenvalue weighted by Gasteiger charge is 2.18. The van der Waals surface area contributed by atoms with E-state index in [4.69, 9.17) is 0 Å². The molecule has 0 saturated heterocycles. The molecule has 0 fully saturated rings. The standard InChI is InChI=1S/C13H22S3/c1-5-7-12(10(3)4)16-13-11(6-2)14-8-9-15-13/h8-10,12H,5-7H2,1-4H3. The molecule has 0 amide bonds. The fourth-order valence-electron chi connectivity index (χ4n) is 1.58. The van der Waals surface area contributed by atoms with Crippen molar-refractivity contribution in [2.75, 3.05) is 0 Å². The Kier molecular flexibility index (Phi) is 7.09. The zero-order valence-corrected chi connectivity index (χ0v) is 13.1. The SMILES string of the molecule is CCCC(SC1=C(CC)SC=CS1)C(C)C. The molecule has 0 nitrogen and oxygen atoms in total. The van der Waals surface area contributed by atoms with E-state index >= 15 is 0 Å². The first-order valence-corrected chi connectivity index (χ1v) is 8.71. The predicted molar refractivity (Wildman–Crippen MR) is 82.8 cm³/mol. The molecule has 0 radical (unpaired) electrons. The Hall–Kier alpha value is 0.530. The molecule has 92 valence electrons. The highest BCUT2D eigenvalue weighted by molar-refractivity contribution is 8.25. The van der Waals surface area contributed by atoms with Crippen LogP contribution >= 0.6 is 35.3 Å². The van der Waals surface area contributed by atoms with Crippen LogP contribution in [0.3, 0.4) is 0 Å². The Balaban J connectivity index is 2.64. The van der Waals surface area contributed by atoms with E-state index in [0.29, 0.717) is 0 Å². The van der Waals surface area contributed by atoms with Crippen LogP contribution in [-0.4, -0.2) is 5.25 Å². The Morgan fingerprint density at radius 1 is 1.19 bits per heavy atom. The molecule has 3 heteroatoms. The predicted octanol–water partition coefficient (Wildman–Crippen LogP) is 6.07. The number of hydrogen-bond acceptors (Lipinski definition) is 3. The van der Waals surface area contributed by atoms with E-state index in [1.54, 1.807) is 9.14 Å². The van der Waals surface area contributed by atoms with Gasteiger partial charge in [0.15, 0.2) is 0 Å². The molecule has 0 N–H and O–H groups in total. The summed E-state index contributed by atoms with van der Waals surface area (Å²) < 4.78 is 1.54. The van der Waals surface area contributed by atoms with Crippen molar-refractivity contribution in [1.29, 1.82) is 0 Å². The quantitative estimate of drug-likeness (QED) is 0.576. The van der Waals surface area contributed by atoms with Crippen molar-refractivity contribution in [3.05, 3.63) is 20.0 Å². The number of thioether (sulfide) groups is 3. The summed E-state index contributed by atoms with van der Waals surface area (Å²) in [6, 6.07) is 0. The molecule has 1 rings (SSSR count). The van der Waals surface area contributed by atoms with Gasteiger partial charge in [-0.15, -0.1) is 23.5 Å². The number of rotatable bonds is 6. The van der Waals surface area contributed by atoms with E-state index in [0.717, 1.165) is 11.2 Å². The number of hydrogen-bond donors (Lipinski definition) is 0. The third kappa shape index (κ3) is 4.42. The van der Waals surface area contributed by atoms with E-state index < -0.39 is 0 Å². The molecule has 16 heavy (non-hydrogen) atoms. The lowest BCUT2D eigenvalue weighted by molar-refractivity contribution is 0.568. The van der Waals surface area contributed by atoms with E-state index in [1.165, 1.54) is 19.3 Å². The molecule has 1 unspecified atom stereocenters. The number of allylic oxidation sites excluding steroid dienone is 1. The lowest BCUT2D eigenvalue weighted by Gasteiger charge is -2.23. The van der Waals surface area contributed by atoms with E-state index in [9.17, 15) is 0 Å². The molecule has 0 aromatic heterocycles. The van der Waals surface area contributed by atoms with Crippen molar-refractivity contribution in [2.24, 2.45) is 5.92 Å². The highest BCUT2D eigenvalue weighted by atomic mass is 32.2. The van der Waals surface area contributed by atoms with Gasteiger partial charge >= 0.3 is 0 Å². The second-order valence-corrected chi connectivity index (χ2v) is 7.69. The van der Waals surface area contributed by atoms with Gasteiger partial charge in [0.05, 0.1) is 4.24 Å². The fourth-order valence-corrected chi connectivity index (χ4v) is 5.37. The van der Waals surface area contributed by atoms with Crippen LogP contribution in [0.4, 0.5) is 0 Å². The topological polar surface area (TPSA) is 0 Å². The Bertz CT molecular complexity index is 266. The van der Waals surface area contributed by atoms with Crippen molar-refractivity contribution < 1.29 is 0 Å². The maximum absolute atomic E-state index is 2.34. The van der Waals surface area contributed by atoms with Crippen LogP contribution in [0.2, 0.25) is 0 Å². The van der Waals surface area contributed by atoms with Crippen molar-refractivity contribution >= 4 is 35.3 Å². The van der Waals surface area contributed by atoms with Gasteiger partial charge in [0.1, 0.15) is 0 Å². The second-order valence-electron chi connectivity index (χ2n) is 4.26. The molecule has 1 atom stereocenters. The summed E-state index contributed by atoms with van der Waals surface area (Å²) in [7, 11) is 0. The lowest BCUT2D eigenvalue weighted by Crippen LogP contribution is -2.11. The molecule has 0 aromatic carbocycles. The van der Waals surface area contributed by atoms with Gasteiger partial charge in [0.25, 0.3) is 0 Å². The molecule has 1 aliphatic rings. The van der Waals surface area contributed by atoms with E-state index in [2.05, 4.69) is 50.3 Å². The Morgan fingerprint density at radius 2 is 1.88 bits per heavy atom. The maximum Gasteiger partial charge on any atom is 0.0545 e. The average molecular weight is 275 g/mol. The summed E-state index contributed by atoms with van der Waals surface area (Å²) in [5, 5.41) is 5.20. The van der Waals surface area contributed by atoms with Gasteiger partial charge in [-0.1, -0.05) is 45.9 Å². The summed E-state index contributed by atoms with van der Waals surface area (Å²) in [5.74, 6) is 0.770. The molecular formula is C13H22S3. The van der Waals surface area contributed by atoms with Crippen LogP contribution in [0.5, 0.6) is 0 Å². The largest absolute Gasteiger partial charge is 0.114 e. The van der Waals surface area contributed by atoms with Crippen LogP contribution < -0.4 is 0 Å². The van der Waals surface area contributed by atoms with Crippen molar-refractivity contribution in [2.45, 2.75) is 52.2 Å². The molecule has 0 spiro atoms. The summed E-state index contributed by atoms with van der Waals surface area (Å²) in [5.41, 5.74) is 0. The minimum atomic E-state index is 0.770. The smallest absolute Gasteiger partial charge is 0.0545 e. The second kappa shape index (κ2) is 7.78. The van der Waals surface area contributed by atoms with Crippen molar-refractivity contribution in [1.82, 2.24) is 0 Å². The van der Waals surface area contributed by atoms with Gasteiger partial charge in [-0.05, 0) is 29.6 Å². The van der Waals surface area contributed by atoms with Gasteiger partial charge in [-0.2, -0.15) is 0 Å². The first-order chi connectivity index (χ1) is 7.69. The zero-order chi connectivity index (χ0) is 12.0. The van der Waals surface area contributed by atoms with Crippen LogP contribution in [0.25, 0.3) is 0 Å². The first kappa shape index (κ1) is 14.6. The molecule has 0 bridgehead atoms. The van der Waals surface area contributed by atoms with Gasteiger partial charge < -0.3 is 0 Å². The fraction of sp³-hybridized carbons (Fsp3) is 0.692. The van der Waals surface area contributed by atoms with Gasteiger partial charge in [-0.3, -0.25) is 0 Å². The summed E-state index contributed by atoms with van der Waals surface area (Å²) >= 11 is 5.91. The van der Waals surface area contributed by atoms with Crippen LogP contribution in [0.1, 0.15) is 47.0 Å². The minimum absolute atomic E-state index is 0.770. The van der Waals surface area contributed by atoms with Gasteiger partial charge in [0.2, 0.25) is 0 Å². The zero-order valence-electron chi connectivity index (χ0n) is 10.7. The summed E-state index contributed by atoms with van der Waals surface area (Å²) in [6.45, 7) is 9.23. The lowest BCUT2D eigenvalue weighted by atomic mass is 10.1. The van der Waals surface area contributed by atoms with Crippen LogP contribution in [-0.2, 0) is 0 Å². The molecule has 1 heterocycles. The van der Waals surface area contributed by atoms with Gasteiger partial charge in [0, 0.05) is 10.2 Å². The minimum Gasteiger partial charge on any atom is -0.114 e. The van der Waals surface area contributed by atoms with E-state index in [1.807, 2.05) is 23.5 Å². The molecular weight excluding hydrogens is 252 g/mol. The summed E-state index contributed by atoms with van der Waals surface area (Å²) in [6.07, 6.45) is 3.79. The molecule has 0 saturated carbocycles. The molecule has 0 aromatic rings. The van der Waals surface area contributed by atoms with Gasteiger partial charge in [-0.25, -0.2) is 0 Å². The third-order valence-electron chi connectivity index (χ3n) is 2.56.